The molecule has 4 nitrogen and oxygen atoms in total. The summed E-state index contributed by atoms with van der Waals surface area (Å²) in [4.78, 5) is 5.07. The molecule has 1 saturated heterocycles. The molecule has 0 spiro atoms. The molecule has 2 aliphatic rings. The third-order valence-corrected chi connectivity index (χ3v) is 6.47. The van der Waals surface area contributed by atoms with Crippen molar-refractivity contribution < 1.29 is 4.74 Å². The van der Waals surface area contributed by atoms with Gasteiger partial charge in [0.15, 0.2) is 0 Å². The number of benzene rings is 2. The minimum absolute atomic E-state index is 0.346. The van der Waals surface area contributed by atoms with Crippen molar-refractivity contribution in [3.05, 3.63) is 65.4 Å². The van der Waals surface area contributed by atoms with E-state index in [9.17, 15) is 0 Å². The van der Waals surface area contributed by atoms with Crippen molar-refractivity contribution in [3.63, 3.8) is 0 Å². The van der Waals surface area contributed by atoms with E-state index in [1.54, 1.807) is 11.5 Å². The molecule has 2 atom stereocenters. The Morgan fingerprint density at radius 3 is 2.73 bits per heavy atom. The van der Waals surface area contributed by atoms with E-state index in [1.807, 2.05) is 6.20 Å². The van der Waals surface area contributed by atoms with Crippen LogP contribution < -0.4 is 0 Å². The average Bonchev–Trinajstić information content (AvgIpc) is 3.16. The average molecular weight is 366 g/mol. The summed E-state index contributed by atoms with van der Waals surface area (Å²) in [6, 6.07) is 15.8. The normalized spacial score (nSPS) is 24.7. The molecule has 2 unspecified atom stereocenters. The van der Waals surface area contributed by atoms with Crippen LogP contribution in [0.1, 0.15) is 28.8 Å². The smallest absolute Gasteiger partial charge is 0.0888 e. The molecule has 3 heterocycles. The Hall–Kier alpha value is -1.79. The zero-order valence-corrected chi connectivity index (χ0v) is 15.8. The van der Waals surface area contributed by atoms with E-state index in [4.69, 9.17) is 4.74 Å². The summed E-state index contributed by atoms with van der Waals surface area (Å²) >= 11 is 1.59. The molecule has 1 aromatic heterocycles. The van der Waals surface area contributed by atoms with Gasteiger partial charge in [0, 0.05) is 37.1 Å². The Labute approximate surface area is 158 Å². The summed E-state index contributed by atoms with van der Waals surface area (Å²) in [7, 11) is 2.26. The lowest BCUT2D eigenvalue weighted by Gasteiger charge is -2.45. The van der Waals surface area contributed by atoms with Gasteiger partial charge in [-0.05, 0) is 41.3 Å². The summed E-state index contributed by atoms with van der Waals surface area (Å²) in [6.45, 7) is 4.70. The van der Waals surface area contributed by atoms with Gasteiger partial charge in [0.2, 0.25) is 0 Å². The van der Waals surface area contributed by atoms with E-state index in [-0.39, 0.29) is 0 Å². The maximum Gasteiger partial charge on any atom is 0.0888 e. The maximum atomic E-state index is 5.57. The molecule has 0 N–H and O–H groups in total. The Bertz CT molecular complexity index is 918. The predicted octanol–water partition coefficient (Wildman–Crippen LogP) is 3.70. The van der Waals surface area contributed by atoms with Crippen LogP contribution in [0.15, 0.2) is 48.7 Å². The lowest BCUT2D eigenvalue weighted by molar-refractivity contribution is -0.0324. The SMILES string of the molecule is CN1CC(c2ccc3cnsc3c2)c2ccccc2C1N1CCOCC1. The molecule has 5 heteroatoms. The zero-order chi connectivity index (χ0) is 17.5. The Morgan fingerprint density at radius 2 is 1.88 bits per heavy atom. The number of fused-ring (bicyclic) bond motifs is 2. The van der Waals surface area contributed by atoms with Crippen LogP contribution in [0.3, 0.4) is 0 Å². The first-order valence-corrected chi connectivity index (χ1v) is 10.0. The number of nitrogens with zero attached hydrogens (tertiary/aromatic N) is 3. The van der Waals surface area contributed by atoms with Gasteiger partial charge in [-0.2, -0.15) is 4.37 Å². The van der Waals surface area contributed by atoms with Crippen molar-refractivity contribution in [2.75, 3.05) is 39.9 Å². The van der Waals surface area contributed by atoms with Gasteiger partial charge >= 0.3 is 0 Å². The van der Waals surface area contributed by atoms with Crippen molar-refractivity contribution >= 4 is 21.6 Å². The van der Waals surface area contributed by atoms with Crippen molar-refractivity contribution in [3.8, 4) is 0 Å². The summed E-state index contributed by atoms with van der Waals surface area (Å²) in [5.41, 5.74) is 4.30. The highest BCUT2D eigenvalue weighted by Crippen LogP contribution is 2.41. The van der Waals surface area contributed by atoms with Crippen molar-refractivity contribution in [1.29, 1.82) is 0 Å². The van der Waals surface area contributed by atoms with Crippen LogP contribution in [0.4, 0.5) is 0 Å². The van der Waals surface area contributed by atoms with Gasteiger partial charge in [0.05, 0.1) is 24.1 Å². The molecule has 3 aromatic rings. The number of morpholine rings is 1. The largest absolute Gasteiger partial charge is 0.379 e. The van der Waals surface area contributed by atoms with Crippen LogP contribution >= 0.6 is 11.5 Å². The number of rotatable bonds is 2. The highest BCUT2D eigenvalue weighted by Gasteiger charge is 2.35. The number of hydrogen-bond donors (Lipinski definition) is 0. The van der Waals surface area contributed by atoms with Crippen LogP contribution in [0.5, 0.6) is 0 Å². The van der Waals surface area contributed by atoms with E-state index in [1.165, 1.54) is 26.8 Å². The molecule has 26 heavy (non-hydrogen) atoms. The number of likely N-dealkylation sites (N-methyl/N-ethyl adjacent to an activating group) is 1. The summed E-state index contributed by atoms with van der Waals surface area (Å²) in [5, 5.41) is 1.24. The van der Waals surface area contributed by atoms with Crippen LogP contribution in [-0.2, 0) is 4.74 Å². The predicted molar refractivity (Wildman–Crippen MR) is 106 cm³/mol. The topological polar surface area (TPSA) is 28.6 Å². The van der Waals surface area contributed by atoms with Crippen LogP contribution in [0, 0.1) is 0 Å². The molecular weight excluding hydrogens is 342 g/mol. The minimum Gasteiger partial charge on any atom is -0.379 e. The lowest BCUT2D eigenvalue weighted by Crippen LogP contribution is -2.49. The molecular formula is C21H23N3OS. The summed E-state index contributed by atoms with van der Waals surface area (Å²) in [5.74, 6) is 0.403. The van der Waals surface area contributed by atoms with E-state index < -0.39 is 0 Å². The van der Waals surface area contributed by atoms with Gasteiger partial charge in [-0.15, -0.1) is 0 Å². The molecule has 0 aliphatic carbocycles. The number of aromatic nitrogens is 1. The lowest BCUT2D eigenvalue weighted by atomic mass is 9.83. The highest BCUT2D eigenvalue weighted by molar-refractivity contribution is 7.13. The Kier molecular flexibility index (Phi) is 4.25. The van der Waals surface area contributed by atoms with E-state index >= 15 is 0 Å². The van der Waals surface area contributed by atoms with E-state index in [2.05, 4.69) is 63.7 Å². The monoisotopic (exact) mass is 365 g/mol. The van der Waals surface area contributed by atoms with Crippen LogP contribution in [-0.4, -0.2) is 54.1 Å². The fourth-order valence-electron chi connectivity index (χ4n) is 4.46. The Balaban J connectivity index is 1.56. The fourth-order valence-corrected chi connectivity index (χ4v) is 5.16. The second-order valence-electron chi connectivity index (χ2n) is 7.27. The highest BCUT2D eigenvalue weighted by atomic mass is 32.1. The van der Waals surface area contributed by atoms with Crippen LogP contribution in [0.25, 0.3) is 10.1 Å². The standard InChI is InChI=1S/C21H23N3OS/c1-23-14-19(15-6-7-16-13-22-26-20(16)12-15)17-4-2-3-5-18(17)21(23)24-8-10-25-11-9-24/h2-7,12-13,19,21H,8-11,14H2,1H3. The first-order chi connectivity index (χ1) is 12.8. The van der Waals surface area contributed by atoms with Gasteiger partial charge in [0.25, 0.3) is 0 Å². The van der Waals surface area contributed by atoms with Crippen molar-refractivity contribution in [1.82, 2.24) is 14.2 Å². The quantitative estimate of drug-likeness (QED) is 0.692. The Morgan fingerprint density at radius 1 is 1.08 bits per heavy atom. The minimum atomic E-state index is 0.346. The molecule has 2 aliphatic heterocycles. The molecule has 0 bridgehead atoms. The third kappa shape index (κ3) is 2.76. The summed E-state index contributed by atoms with van der Waals surface area (Å²) in [6.07, 6.45) is 2.30. The fraction of sp³-hybridized carbons (Fsp3) is 0.381. The van der Waals surface area contributed by atoms with Gasteiger partial charge in [-0.25, -0.2) is 0 Å². The molecule has 0 radical (unpaired) electrons. The van der Waals surface area contributed by atoms with Gasteiger partial charge in [-0.3, -0.25) is 9.80 Å². The first kappa shape index (κ1) is 16.4. The zero-order valence-electron chi connectivity index (χ0n) is 15.0. The first-order valence-electron chi connectivity index (χ1n) is 9.26. The van der Waals surface area contributed by atoms with Gasteiger partial charge in [-0.1, -0.05) is 36.4 Å². The van der Waals surface area contributed by atoms with Gasteiger partial charge < -0.3 is 4.74 Å². The molecule has 0 amide bonds. The second-order valence-corrected chi connectivity index (χ2v) is 8.10. The maximum absolute atomic E-state index is 5.57. The van der Waals surface area contributed by atoms with E-state index in [0.29, 0.717) is 12.1 Å². The number of hydrogen-bond acceptors (Lipinski definition) is 5. The molecule has 134 valence electrons. The van der Waals surface area contributed by atoms with Gasteiger partial charge in [0.1, 0.15) is 0 Å². The van der Waals surface area contributed by atoms with Crippen molar-refractivity contribution in [2.24, 2.45) is 0 Å². The molecule has 5 rings (SSSR count). The number of ether oxygens (including phenoxy) is 1. The molecule has 2 aromatic carbocycles. The molecule has 1 fully saturated rings. The van der Waals surface area contributed by atoms with Crippen LogP contribution in [0.2, 0.25) is 0 Å². The third-order valence-electron chi connectivity index (χ3n) is 5.71. The second kappa shape index (κ2) is 6.74. The molecule has 0 saturated carbocycles. The summed E-state index contributed by atoms with van der Waals surface area (Å²) < 4.78 is 11.2. The van der Waals surface area contributed by atoms with Crippen molar-refractivity contribution in [2.45, 2.75) is 12.1 Å². The van der Waals surface area contributed by atoms with E-state index in [0.717, 1.165) is 32.8 Å².